The van der Waals surface area contributed by atoms with Gasteiger partial charge in [-0.1, -0.05) is 13.8 Å². The Morgan fingerprint density at radius 2 is 2.06 bits per heavy atom. The molecular formula is C14H21N3O. The van der Waals surface area contributed by atoms with Crippen LogP contribution in [0.3, 0.4) is 0 Å². The van der Waals surface area contributed by atoms with E-state index in [2.05, 4.69) is 24.1 Å². The van der Waals surface area contributed by atoms with Crippen molar-refractivity contribution in [3.8, 4) is 0 Å². The second kappa shape index (κ2) is 4.96. The number of carbonyl (C=O) groups excluding carboxylic acids is 1. The number of anilines is 1. The topological polar surface area (TPSA) is 45.2 Å². The van der Waals surface area contributed by atoms with Gasteiger partial charge in [-0.3, -0.25) is 9.78 Å². The Morgan fingerprint density at radius 1 is 1.39 bits per heavy atom. The molecule has 1 aliphatic heterocycles. The first kappa shape index (κ1) is 12.9. The zero-order chi connectivity index (χ0) is 13.2. The van der Waals surface area contributed by atoms with Crippen molar-refractivity contribution in [2.45, 2.75) is 26.7 Å². The van der Waals surface area contributed by atoms with Gasteiger partial charge in [0, 0.05) is 26.3 Å². The summed E-state index contributed by atoms with van der Waals surface area (Å²) in [6, 6.07) is 1.79. The molecule has 4 nitrogen and oxygen atoms in total. The minimum Gasteiger partial charge on any atom is -0.386 e. The van der Waals surface area contributed by atoms with Crippen LogP contribution in [0, 0.1) is 5.41 Å². The van der Waals surface area contributed by atoms with Crippen LogP contribution in [0.5, 0.6) is 0 Å². The molecule has 1 aliphatic rings. The molecule has 0 aromatic carbocycles. The molecule has 0 spiro atoms. The van der Waals surface area contributed by atoms with Gasteiger partial charge in [-0.05, 0) is 24.3 Å². The molecule has 1 fully saturated rings. The molecule has 1 aromatic heterocycles. The third kappa shape index (κ3) is 2.63. The average Bonchev–Trinajstić information content (AvgIpc) is 2.38. The van der Waals surface area contributed by atoms with Crippen molar-refractivity contribution in [2.75, 3.05) is 25.5 Å². The maximum Gasteiger partial charge on any atom is 0.256 e. The fraction of sp³-hybridized carbons (Fsp3) is 0.571. The highest BCUT2D eigenvalue weighted by atomic mass is 16.2. The number of piperidine rings is 1. The Morgan fingerprint density at radius 3 is 2.67 bits per heavy atom. The summed E-state index contributed by atoms with van der Waals surface area (Å²) in [4.78, 5) is 18.4. The third-order valence-corrected chi connectivity index (χ3v) is 3.73. The van der Waals surface area contributed by atoms with Crippen LogP contribution in [-0.2, 0) is 0 Å². The van der Waals surface area contributed by atoms with E-state index >= 15 is 0 Å². The van der Waals surface area contributed by atoms with E-state index in [1.165, 1.54) is 0 Å². The van der Waals surface area contributed by atoms with E-state index in [0.717, 1.165) is 31.6 Å². The quantitative estimate of drug-likeness (QED) is 0.872. The van der Waals surface area contributed by atoms with Gasteiger partial charge in [0.15, 0.2) is 0 Å². The maximum absolute atomic E-state index is 12.4. The molecule has 0 radical (unpaired) electrons. The van der Waals surface area contributed by atoms with Gasteiger partial charge in [-0.25, -0.2) is 0 Å². The SMILES string of the molecule is CNc1cnccc1C(=O)N1CCC(C)(C)CC1. The van der Waals surface area contributed by atoms with Gasteiger partial charge < -0.3 is 10.2 Å². The molecule has 1 aromatic rings. The lowest BCUT2D eigenvalue weighted by Crippen LogP contribution is -2.41. The lowest BCUT2D eigenvalue weighted by atomic mass is 9.82. The summed E-state index contributed by atoms with van der Waals surface area (Å²) in [5.74, 6) is 0.109. The molecular weight excluding hydrogens is 226 g/mol. The van der Waals surface area contributed by atoms with E-state index in [-0.39, 0.29) is 5.91 Å². The smallest absolute Gasteiger partial charge is 0.256 e. The summed E-state index contributed by atoms with van der Waals surface area (Å²) in [6.45, 7) is 6.22. The van der Waals surface area contributed by atoms with Gasteiger partial charge in [-0.2, -0.15) is 0 Å². The molecule has 0 bridgehead atoms. The van der Waals surface area contributed by atoms with Gasteiger partial charge in [0.25, 0.3) is 5.91 Å². The Labute approximate surface area is 108 Å². The highest BCUT2D eigenvalue weighted by molar-refractivity contribution is 5.99. The second-order valence-corrected chi connectivity index (χ2v) is 5.63. The highest BCUT2D eigenvalue weighted by Gasteiger charge is 2.28. The molecule has 18 heavy (non-hydrogen) atoms. The van der Waals surface area contributed by atoms with Crippen LogP contribution in [0.1, 0.15) is 37.0 Å². The molecule has 1 amide bonds. The number of hydrogen-bond acceptors (Lipinski definition) is 3. The van der Waals surface area contributed by atoms with Crippen LogP contribution in [0.2, 0.25) is 0 Å². The highest BCUT2D eigenvalue weighted by Crippen LogP contribution is 2.30. The number of amides is 1. The summed E-state index contributed by atoms with van der Waals surface area (Å²) in [7, 11) is 1.81. The van der Waals surface area contributed by atoms with E-state index in [9.17, 15) is 4.79 Å². The lowest BCUT2D eigenvalue weighted by Gasteiger charge is -2.37. The minimum absolute atomic E-state index is 0.109. The van der Waals surface area contributed by atoms with E-state index in [0.29, 0.717) is 11.0 Å². The molecule has 2 heterocycles. The van der Waals surface area contributed by atoms with Crippen molar-refractivity contribution in [1.82, 2.24) is 9.88 Å². The number of likely N-dealkylation sites (tertiary alicyclic amines) is 1. The average molecular weight is 247 g/mol. The van der Waals surface area contributed by atoms with Crippen molar-refractivity contribution >= 4 is 11.6 Å². The number of nitrogens with one attached hydrogen (secondary N) is 1. The number of rotatable bonds is 2. The zero-order valence-corrected chi connectivity index (χ0v) is 11.4. The van der Waals surface area contributed by atoms with Crippen molar-refractivity contribution in [3.05, 3.63) is 24.0 Å². The molecule has 4 heteroatoms. The number of nitrogens with zero attached hydrogens (tertiary/aromatic N) is 2. The standard InChI is InChI=1S/C14H21N3O/c1-14(2)5-8-17(9-6-14)13(18)11-4-7-16-10-12(11)15-3/h4,7,10,15H,5-6,8-9H2,1-3H3. The van der Waals surface area contributed by atoms with Gasteiger partial charge >= 0.3 is 0 Å². The fourth-order valence-electron chi connectivity index (χ4n) is 2.27. The van der Waals surface area contributed by atoms with E-state index in [1.54, 1.807) is 18.5 Å². The minimum atomic E-state index is 0.109. The number of aromatic nitrogens is 1. The molecule has 98 valence electrons. The monoisotopic (exact) mass is 247 g/mol. The van der Waals surface area contributed by atoms with Crippen molar-refractivity contribution in [2.24, 2.45) is 5.41 Å². The van der Waals surface area contributed by atoms with Crippen molar-refractivity contribution in [3.63, 3.8) is 0 Å². The lowest BCUT2D eigenvalue weighted by molar-refractivity contribution is 0.0631. The Kier molecular flexibility index (Phi) is 3.55. The van der Waals surface area contributed by atoms with Crippen molar-refractivity contribution in [1.29, 1.82) is 0 Å². The van der Waals surface area contributed by atoms with E-state index in [1.807, 2.05) is 11.9 Å². The normalized spacial score (nSPS) is 18.5. The Bertz CT molecular complexity index is 432. The predicted octanol–water partition coefficient (Wildman–Crippen LogP) is 2.39. The fourth-order valence-corrected chi connectivity index (χ4v) is 2.27. The van der Waals surface area contributed by atoms with Crippen LogP contribution in [0.25, 0.3) is 0 Å². The van der Waals surface area contributed by atoms with Gasteiger partial charge in [0.1, 0.15) is 0 Å². The van der Waals surface area contributed by atoms with Crippen LogP contribution in [-0.4, -0.2) is 35.9 Å². The first-order valence-electron chi connectivity index (χ1n) is 6.44. The van der Waals surface area contributed by atoms with Crippen LogP contribution in [0.15, 0.2) is 18.5 Å². The molecule has 0 atom stereocenters. The second-order valence-electron chi connectivity index (χ2n) is 5.63. The first-order valence-corrected chi connectivity index (χ1v) is 6.44. The molecule has 0 aliphatic carbocycles. The van der Waals surface area contributed by atoms with Gasteiger partial charge in [0.2, 0.25) is 0 Å². The molecule has 1 N–H and O–H groups in total. The van der Waals surface area contributed by atoms with E-state index in [4.69, 9.17) is 0 Å². The zero-order valence-electron chi connectivity index (χ0n) is 11.4. The number of pyridine rings is 1. The van der Waals surface area contributed by atoms with E-state index < -0.39 is 0 Å². The predicted molar refractivity (Wildman–Crippen MR) is 72.7 cm³/mol. The Balaban J connectivity index is 2.13. The maximum atomic E-state index is 12.4. The molecule has 0 unspecified atom stereocenters. The molecule has 0 saturated carbocycles. The summed E-state index contributed by atoms with van der Waals surface area (Å²) in [5, 5.41) is 3.02. The third-order valence-electron chi connectivity index (χ3n) is 3.73. The summed E-state index contributed by atoms with van der Waals surface area (Å²) < 4.78 is 0. The molecule has 1 saturated heterocycles. The van der Waals surface area contributed by atoms with Crippen LogP contribution in [0.4, 0.5) is 5.69 Å². The largest absolute Gasteiger partial charge is 0.386 e. The summed E-state index contributed by atoms with van der Waals surface area (Å²) in [5.41, 5.74) is 1.88. The van der Waals surface area contributed by atoms with Crippen LogP contribution < -0.4 is 5.32 Å². The number of carbonyl (C=O) groups is 1. The summed E-state index contributed by atoms with van der Waals surface area (Å²) >= 11 is 0. The molecule has 2 rings (SSSR count). The number of hydrogen-bond donors (Lipinski definition) is 1. The first-order chi connectivity index (χ1) is 8.53. The van der Waals surface area contributed by atoms with Crippen LogP contribution >= 0.6 is 0 Å². The summed E-state index contributed by atoms with van der Waals surface area (Å²) in [6.07, 6.45) is 5.50. The Hall–Kier alpha value is -1.58. The van der Waals surface area contributed by atoms with Crippen molar-refractivity contribution < 1.29 is 4.79 Å². The van der Waals surface area contributed by atoms with Gasteiger partial charge in [0.05, 0.1) is 17.4 Å². The van der Waals surface area contributed by atoms with Gasteiger partial charge in [-0.15, -0.1) is 0 Å².